The lowest BCUT2D eigenvalue weighted by Crippen LogP contribution is -2.32. The van der Waals surface area contributed by atoms with Gasteiger partial charge in [0.1, 0.15) is 0 Å². The van der Waals surface area contributed by atoms with Gasteiger partial charge in [-0.05, 0) is 64.0 Å². The summed E-state index contributed by atoms with van der Waals surface area (Å²) in [5, 5.41) is 3.53. The van der Waals surface area contributed by atoms with Crippen molar-refractivity contribution in [2.75, 3.05) is 26.2 Å². The Balaban J connectivity index is 1.66. The second-order valence-electron chi connectivity index (χ2n) is 5.21. The summed E-state index contributed by atoms with van der Waals surface area (Å²) in [7, 11) is 0. The summed E-state index contributed by atoms with van der Waals surface area (Å²) in [6.45, 7) is 6.94. The number of thiophene rings is 1. The molecule has 1 aromatic heterocycles. The van der Waals surface area contributed by atoms with Crippen molar-refractivity contribution in [3.05, 3.63) is 20.3 Å². The Morgan fingerprint density at radius 2 is 2.05 bits per heavy atom. The van der Waals surface area contributed by atoms with E-state index in [1.165, 1.54) is 56.7 Å². The molecule has 0 aromatic carbocycles. The molecular weight excluding hydrogens is 299 g/mol. The minimum absolute atomic E-state index is 0.276. The molecule has 108 valence electrons. The lowest BCUT2D eigenvalue weighted by Gasteiger charge is -2.26. The highest BCUT2D eigenvalue weighted by molar-refractivity contribution is 7.20. The molecule has 0 amide bonds. The van der Waals surface area contributed by atoms with Gasteiger partial charge in [0.2, 0.25) is 0 Å². The van der Waals surface area contributed by atoms with Gasteiger partial charge in [0, 0.05) is 6.04 Å². The molecule has 1 aliphatic heterocycles. The largest absolute Gasteiger partial charge is 0.310 e. The molecule has 2 nitrogen and oxygen atoms in total. The Kier molecular flexibility index (Phi) is 6.43. The molecule has 2 rings (SSSR count). The average Bonchev–Trinajstić information content (AvgIpc) is 2.75. The average molecular weight is 321 g/mol. The topological polar surface area (TPSA) is 15.3 Å². The molecule has 0 saturated carbocycles. The predicted molar refractivity (Wildman–Crippen MR) is 85.7 cm³/mol. The second-order valence-corrected chi connectivity index (χ2v) is 7.50. The summed E-state index contributed by atoms with van der Waals surface area (Å²) in [6.07, 6.45) is 5.34. The molecule has 0 spiro atoms. The summed E-state index contributed by atoms with van der Waals surface area (Å²) in [6, 6.07) is 2.24. The first-order valence-corrected chi connectivity index (χ1v) is 8.64. The maximum Gasteiger partial charge on any atom is 0.0991 e. The third kappa shape index (κ3) is 4.91. The third-order valence-electron chi connectivity index (χ3n) is 3.70. The fourth-order valence-electron chi connectivity index (χ4n) is 2.56. The van der Waals surface area contributed by atoms with Crippen molar-refractivity contribution in [1.29, 1.82) is 0 Å². The summed E-state index contributed by atoms with van der Waals surface area (Å²) < 4.78 is 1.57. The van der Waals surface area contributed by atoms with Crippen LogP contribution in [0.25, 0.3) is 0 Å². The van der Waals surface area contributed by atoms with Crippen LogP contribution in [0, 0.1) is 0 Å². The Morgan fingerprint density at radius 3 is 2.68 bits per heavy atom. The molecule has 1 aliphatic rings. The van der Waals surface area contributed by atoms with Crippen molar-refractivity contribution >= 4 is 34.5 Å². The van der Waals surface area contributed by atoms with E-state index in [0.29, 0.717) is 0 Å². The zero-order valence-electron chi connectivity index (χ0n) is 11.4. The number of likely N-dealkylation sites (tertiary alicyclic amines) is 1. The van der Waals surface area contributed by atoms with Gasteiger partial charge in [-0.1, -0.05) is 29.6 Å². The van der Waals surface area contributed by atoms with E-state index in [-0.39, 0.29) is 6.04 Å². The zero-order valence-corrected chi connectivity index (χ0v) is 13.8. The highest BCUT2D eigenvalue weighted by Crippen LogP contribution is 2.34. The monoisotopic (exact) mass is 320 g/mol. The first kappa shape index (κ1) is 15.6. The van der Waals surface area contributed by atoms with Crippen molar-refractivity contribution in [2.45, 2.75) is 38.6 Å². The van der Waals surface area contributed by atoms with Crippen LogP contribution in [0.4, 0.5) is 0 Å². The summed E-state index contributed by atoms with van der Waals surface area (Å²) in [5.41, 5.74) is 1.12. The van der Waals surface area contributed by atoms with Gasteiger partial charge in [-0.3, -0.25) is 0 Å². The van der Waals surface area contributed by atoms with E-state index in [2.05, 4.69) is 17.1 Å². The van der Waals surface area contributed by atoms with Gasteiger partial charge in [-0.15, -0.1) is 11.3 Å². The third-order valence-corrected chi connectivity index (χ3v) is 5.22. The first-order valence-electron chi connectivity index (χ1n) is 7.07. The van der Waals surface area contributed by atoms with E-state index in [4.69, 9.17) is 23.2 Å². The fourth-order valence-corrected chi connectivity index (χ4v) is 4.21. The van der Waals surface area contributed by atoms with Gasteiger partial charge >= 0.3 is 0 Å². The molecular formula is C14H22Cl2N2S. The minimum atomic E-state index is 0.276. The lowest BCUT2D eigenvalue weighted by molar-refractivity contribution is 0.225. The maximum atomic E-state index is 6.16. The van der Waals surface area contributed by atoms with Crippen molar-refractivity contribution in [3.63, 3.8) is 0 Å². The van der Waals surface area contributed by atoms with E-state index in [0.717, 1.165) is 20.8 Å². The summed E-state index contributed by atoms with van der Waals surface area (Å²) >= 11 is 13.6. The van der Waals surface area contributed by atoms with Crippen LogP contribution in [0.15, 0.2) is 6.07 Å². The molecule has 1 fully saturated rings. The maximum absolute atomic E-state index is 6.16. The van der Waals surface area contributed by atoms with Crippen LogP contribution in [-0.2, 0) is 0 Å². The van der Waals surface area contributed by atoms with Crippen LogP contribution >= 0.6 is 34.5 Å². The van der Waals surface area contributed by atoms with Crippen LogP contribution < -0.4 is 5.32 Å². The van der Waals surface area contributed by atoms with E-state index in [1.807, 2.05) is 6.07 Å². The van der Waals surface area contributed by atoms with Gasteiger partial charge in [-0.25, -0.2) is 0 Å². The van der Waals surface area contributed by atoms with Gasteiger partial charge in [-0.2, -0.15) is 0 Å². The minimum Gasteiger partial charge on any atom is -0.310 e. The van der Waals surface area contributed by atoms with Gasteiger partial charge in [0.05, 0.1) is 8.67 Å². The number of hydrogen-bond donors (Lipinski definition) is 1. The van der Waals surface area contributed by atoms with Crippen LogP contribution in [0.2, 0.25) is 8.67 Å². The predicted octanol–water partition coefficient (Wildman–Crippen LogP) is 4.58. The molecule has 0 bridgehead atoms. The molecule has 1 atom stereocenters. The van der Waals surface area contributed by atoms with Gasteiger partial charge in [0.15, 0.2) is 0 Å². The molecule has 0 aliphatic carbocycles. The van der Waals surface area contributed by atoms with Crippen molar-refractivity contribution < 1.29 is 0 Å². The van der Waals surface area contributed by atoms with Crippen molar-refractivity contribution in [1.82, 2.24) is 10.2 Å². The van der Waals surface area contributed by atoms with Gasteiger partial charge < -0.3 is 10.2 Å². The first-order chi connectivity index (χ1) is 9.16. The highest BCUT2D eigenvalue weighted by Gasteiger charge is 2.13. The molecule has 1 aromatic rings. The Labute approximate surface area is 130 Å². The van der Waals surface area contributed by atoms with Crippen LogP contribution in [0.5, 0.6) is 0 Å². The summed E-state index contributed by atoms with van der Waals surface area (Å²) in [4.78, 5) is 2.57. The molecule has 1 N–H and O–H groups in total. The molecule has 5 heteroatoms. The quantitative estimate of drug-likeness (QED) is 0.772. The molecule has 1 unspecified atom stereocenters. The van der Waals surface area contributed by atoms with Crippen LogP contribution in [0.1, 0.15) is 44.2 Å². The van der Waals surface area contributed by atoms with Crippen molar-refractivity contribution in [2.24, 2.45) is 0 Å². The highest BCUT2D eigenvalue weighted by atomic mass is 35.5. The standard InChI is InChI=1S/C14H22Cl2N2S/c1-11(12-10-13(15)19-14(12)16)17-6-5-9-18-7-3-2-4-8-18/h10-11,17H,2-9H2,1H3. The Hall–Kier alpha value is 0.200. The SMILES string of the molecule is CC(NCCCN1CCCCC1)c1cc(Cl)sc1Cl. The smallest absolute Gasteiger partial charge is 0.0991 e. The number of piperidine rings is 1. The Morgan fingerprint density at radius 1 is 1.32 bits per heavy atom. The molecule has 1 saturated heterocycles. The number of rotatable bonds is 6. The van der Waals surface area contributed by atoms with Gasteiger partial charge in [0.25, 0.3) is 0 Å². The lowest BCUT2D eigenvalue weighted by atomic mass is 10.1. The van der Waals surface area contributed by atoms with E-state index < -0.39 is 0 Å². The van der Waals surface area contributed by atoms with Crippen molar-refractivity contribution in [3.8, 4) is 0 Å². The van der Waals surface area contributed by atoms with Crippen LogP contribution in [-0.4, -0.2) is 31.1 Å². The van der Waals surface area contributed by atoms with E-state index >= 15 is 0 Å². The zero-order chi connectivity index (χ0) is 13.7. The number of nitrogens with one attached hydrogen (secondary N) is 1. The number of hydrogen-bond acceptors (Lipinski definition) is 3. The Bertz CT molecular complexity index is 389. The number of nitrogens with zero attached hydrogens (tertiary/aromatic N) is 1. The summed E-state index contributed by atoms with van der Waals surface area (Å²) in [5.74, 6) is 0. The van der Waals surface area contributed by atoms with Crippen LogP contribution in [0.3, 0.4) is 0 Å². The molecule has 0 radical (unpaired) electrons. The second kappa shape index (κ2) is 7.84. The number of halogens is 2. The fraction of sp³-hybridized carbons (Fsp3) is 0.714. The normalized spacial score (nSPS) is 18.7. The van der Waals surface area contributed by atoms with E-state index in [9.17, 15) is 0 Å². The van der Waals surface area contributed by atoms with E-state index in [1.54, 1.807) is 0 Å². The molecule has 19 heavy (non-hydrogen) atoms. The molecule has 2 heterocycles.